The highest BCUT2D eigenvalue weighted by Gasteiger charge is 2.24. The van der Waals surface area contributed by atoms with Crippen molar-refractivity contribution in [3.63, 3.8) is 0 Å². The summed E-state index contributed by atoms with van der Waals surface area (Å²) in [4.78, 5) is 0. The third kappa shape index (κ3) is 15.6. The van der Waals surface area contributed by atoms with Crippen molar-refractivity contribution >= 4 is 131 Å². The Morgan fingerprint density at radius 2 is 0.360 bits per heavy atom. The first-order valence-electron chi connectivity index (χ1n) is 64.5. The maximum Gasteiger partial charge on any atom is 0.0651 e. The Bertz CT molecular complexity index is 12100. The standard InChI is InChI=1S/3C48H32N2/c3*1-3-13-33(14-4-1)35-17-11-19-39(29-35)49-45-23-9-7-21-41(45)43-31-37(25-27-47(43)49)38-26-28-48-44(32-38)42-22-8-10-24-46(42)50(48)40-20-12-18-36(30-40)34-15-5-2-6-16-34/h3*1-32H/i1D,2D,3D,4D,5D,6D,11D,12D,13D,14D,15D,17D,18D,19D,20D,29D,30D;7D,8D,9D,10D,21D,22D,23D,24D,25D,26D,27D,28D,31D,32D;. The number of hydrogen-bond acceptors (Lipinski definition) is 0. The Balaban J connectivity index is 0.000000125. The lowest BCUT2D eigenvalue weighted by molar-refractivity contribution is 1.18. The fraction of sp³-hybridized carbons (Fsp3) is 0. The summed E-state index contributed by atoms with van der Waals surface area (Å²) in [6.45, 7) is 0. The van der Waals surface area contributed by atoms with Crippen LogP contribution in [-0.2, 0) is 0 Å². The number of rotatable bonds is 15. The third-order valence-electron chi connectivity index (χ3n) is 28.0. The summed E-state index contributed by atoms with van der Waals surface area (Å²) < 4.78 is 287. The molecule has 0 aliphatic rings. The van der Waals surface area contributed by atoms with Crippen molar-refractivity contribution in [2.45, 2.75) is 0 Å². The van der Waals surface area contributed by atoms with E-state index in [1.165, 1.54) is 86.1 Å². The second-order valence-corrected chi connectivity index (χ2v) is 36.6. The zero-order chi connectivity index (χ0) is 126. The smallest absolute Gasteiger partial charge is 0.0651 e. The predicted octanol–water partition coefficient (Wildman–Crippen LogP) is 38.6. The largest absolute Gasteiger partial charge is 0.309 e. The van der Waals surface area contributed by atoms with E-state index in [4.69, 9.17) is 31.5 Å². The highest BCUT2D eigenvalue weighted by Crippen LogP contribution is 2.47. The van der Waals surface area contributed by atoms with Crippen molar-refractivity contribution in [2.24, 2.45) is 0 Å². The molecule has 6 heteroatoms. The summed E-state index contributed by atoms with van der Waals surface area (Å²) in [5.74, 6) is 0. The van der Waals surface area contributed by atoms with Gasteiger partial charge in [-0.2, -0.15) is 0 Å². The van der Waals surface area contributed by atoms with E-state index in [9.17, 15) is 11.0 Å². The van der Waals surface area contributed by atoms with Crippen LogP contribution >= 0.6 is 0 Å². The summed E-state index contributed by atoms with van der Waals surface area (Å²) in [6, 6.07) is 114. The van der Waals surface area contributed by atoms with Gasteiger partial charge in [0.25, 0.3) is 0 Å². The lowest BCUT2D eigenvalue weighted by Crippen LogP contribution is -1.94. The van der Waals surface area contributed by atoms with Gasteiger partial charge in [0.1, 0.15) is 0 Å². The molecule has 0 aliphatic carbocycles. The van der Waals surface area contributed by atoms with E-state index < -0.39 is 192 Å². The Morgan fingerprint density at radius 3 is 0.713 bits per heavy atom. The van der Waals surface area contributed by atoms with Crippen LogP contribution in [0.2, 0.25) is 0 Å². The molecule has 30 rings (SSSR count). The van der Waals surface area contributed by atoms with Gasteiger partial charge in [-0.1, -0.05) is 400 Å². The van der Waals surface area contributed by atoms with Crippen molar-refractivity contribution < 1.29 is 42.5 Å². The SMILES string of the molecule is [2H]c1c([2H])c([2H])c2c(c1[2H])c1c([2H])c(-c3c([2H])c([2H])c4c(c3[2H])c3c([2H])c([2H])c([2H])c([2H])c3n4-c3cccc(-c4ccccc4)c3)c([2H])c([2H])c1n2-c1cccc(-c2ccccc2)c1.[2H]c1cc(-c2c([2H])c([2H])c([2H])c(-n3c4ccccc4c4cc(-c5ccc6c(c5)c5ccccc5n6-c5c([2H])c([2H])c([2H])c(-c6c([2H])c([2H])c([2H])c([2H])c6[2H])c5[2H])ccc43)c2[2H])c([2H])c([2H])c1[2H].c1ccc(-c2cccc(-n3c4ccccc4c4cc(-c5ccc6c(c5)c5ccccc5n6-c5cccc(-c6ccccc6)c5)ccc43)c2)cc1. The molecule has 702 valence electrons. The van der Waals surface area contributed by atoms with Crippen LogP contribution in [0, 0.1) is 0 Å². The molecule has 0 bridgehead atoms. The molecule has 0 fully saturated rings. The maximum atomic E-state index is 9.83. The van der Waals surface area contributed by atoms with E-state index in [0.29, 0.717) is 38.8 Å². The molecule has 0 saturated carbocycles. The molecule has 0 atom stereocenters. The third-order valence-corrected chi connectivity index (χ3v) is 28.0. The Morgan fingerprint density at radius 1 is 0.107 bits per heavy atom. The number of benzene rings is 24. The van der Waals surface area contributed by atoms with Crippen LogP contribution in [0.25, 0.3) is 265 Å². The number of para-hydroxylation sites is 6. The van der Waals surface area contributed by atoms with Crippen molar-refractivity contribution in [1.82, 2.24) is 27.4 Å². The minimum Gasteiger partial charge on any atom is -0.309 e. The van der Waals surface area contributed by atoms with E-state index in [0.717, 1.165) is 67.0 Å². The van der Waals surface area contributed by atoms with Crippen LogP contribution in [0.15, 0.2) is 582 Å². The Kier molecular flexibility index (Phi) is 15.3. The van der Waals surface area contributed by atoms with E-state index >= 15 is 0 Å². The molecular formula is C144H96N6. The first kappa shape index (κ1) is 61.3. The van der Waals surface area contributed by atoms with Crippen molar-refractivity contribution in [3.8, 4) is 134 Å². The van der Waals surface area contributed by atoms with Gasteiger partial charge in [0.15, 0.2) is 0 Å². The van der Waals surface area contributed by atoms with Crippen LogP contribution in [-0.4, -0.2) is 27.4 Å². The molecule has 150 heavy (non-hydrogen) atoms. The molecule has 0 amide bonds. The molecule has 24 aromatic carbocycles. The molecule has 0 unspecified atom stereocenters. The Labute approximate surface area is 912 Å². The highest BCUT2D eigenvalue weighted by molar-refractivity contribution is 6.17. The van der Waals surface area contributed by atoms with Gasteiger partial charge in [-0.3, -0.25) is 0 Å². The fourth-order valence-electron chi connectivity index (χ4n) is 21.2. The first-order chi connectivity index (χ1) is 87.3. The number of aromatic nitrogens is 6. The maximum absolute atomic E-state index is 9.83. The second-order valence-electron chi connectivity index (χ2n) is 36.6. The minimum atomic E-state index is -0.657. The van der Waals surface area contributed by atoms with Gasteiger partial charge in [-0.25, -0.2) is 0 Å². The molecule has 0 aliphatic heterocycles. The molecule has 0 N–H and O–H groups in total. The molecular weight excluding hydrogens is 1810 g/mol. The van der Waals surface area contributed by atoms with Crippen LogP contribution in [0.5, 0.6) is 0 Å². The lowest BCUT2D eigenvalue weighted by atomic mass is 10.0. The highest BCUT2D eigenvalue weighted by atomic mass is 15.0. The molecule has 6 aromatic heterocycles. The van der Waals surface area contributed by atoms with Gasteiger partial charge in [0.2, 0.25) is 0 Å². The molecule has 6 nitrogen and oxygen atoms in total. The molecule has 0 spiro atoms. The lowest BCUT2D eigenvalue weighted by Gasteiger charge is -2.11. The quantitative estimate of drug-likeness (QED) is 0.0979. The van der Waals surface area contributed by atoms with Crippen LogP contribution in [0.3, 0.4) is 0 Å². The summed E-state index contributed by atoms with van der Waals surface area (Å²) in [5.41, 5.74) is 19.9. The average molecular weight is 1940 g/mol. The number of nitrogens with zero attached hydrogens (tertiary/aromatic N) is 6. The van der Waals surface area contributed by atoms with Crippen molar-refractivity contribution in [2.75, 3.05) is 0 Å². The summed E-state index contributed by atoms with van der Waals surface area (Å²) >= 11 is 0. The van der Waals surface area contributed by atoms with Crippen LogP contribution in [0.4, 0.5) is 0 Å². The van der Waals surface area contributed by atoms with E-state index in [-0.39, 0.29) is 83.8 Å². The topological polar surface area (TPSA) is 29.6 Å². The summed E-state index contributed by atoms with van der Waals surface area (Å²) in [7, 11) is 0. The Hall–Kier alpha value is -19.9. The predicted molar refractivity (Wildman–Crippen MR) is 634 cm³/mol. The van der Waals surface area contributed by atoms with E-state index in [1.807, 2.05) is 127 Å². The summed E-state index contributed by atoms with van der Waals surface area (Å²) in [5, 5.41) is 7.41. The zero-order valence-corrected chi connectivity index (χ0v) is 79.7. The molecule has 6 heterocycles. The van der Waals surface area contributed by atoms with Gasteiger partial charge in [-0.15, -0.1) is 0 Å². The normalized spacial score (nSPS) is 14.5. The molecule has 30 aromatic rings. The summed E-state index contributed by atoms with van der Waals surface area (Å²) in [6.07, 6.45) is 0. The van der Waals surface area contributed by atoms with Crippen molar-refractivity contribution in [3.05, 3.63) is 582 Å². The monoisotopic (exact) mass is 1940 g/mol. The fourth-order valence-corrected chi connectivity index (χ4v) is 21.2. The van der Waals surface area contributed by atoms with E-state index in [2.05, 4.69) is 203 Å². The molecule has 0 radical (unpaired) electrons. The van der Waals surface area contributed by atoms with Crippen LogP contribution in [0.1, 0.15) is 42.5 Å². The average Bonchev–Trinajstić information content (AvgIpc) is 1.53. The van der Waals surface area contributed by atoms with Gasteiger partial charge in [0, 0.05) is 98.8 Å². The zero-order valence-electron chi connectivity index (χ0n) is 111. The minimum absolute atomic E-state index is 0.0388. The van der Waals surface area contributed by atoms with E-state index in [1.54, 1.807) is 75.9 Å². The van der Waals surface area contributed by atoms with Gasteiger partial charge >= 0.3 is 0 Å². The number of fused-ring (bicyclic) bond motifs is 18. The first-order valence-corrected chi connectivity index (χ1v) is 49.0. The molecule has 0 saturated heterocycles. The van der Waals surface area contributed by atoms with Gasteiger partial charge in [0.05, 0.1) is 109 Å². The van der Waals surface area contributed by atoms with Gasteiger partial charge < -0.3 is 27.4 Å². The number of hydrogen-bond donors (Lipinski definition) is 0. The van der Waals surface area contributed by atoms with Gasteiger partial charge in [-0.05, 0) is 282 Å². The van der Waals surface area contributed by atoms with Crippen molar-refractivity contribution in [1.29, 1.82) is 0 Å². The second kappa shape index (κ2) is 37.4. The van der Waals surface area contributed by atoms with Crippen LogP contribution < -0.4 is 0 Å².